The topological polar surface area (TPSA) is 159 Å². The van der Waals surface area contributed by atoms with Crippen molar-refractivity contribution in [1.29, 1.82) is 0 Å². The van der Waals surface area contributed by atoms with Gasteiger partial charge in [0.05, 0.1) is 0 Å². The molecule has 2 unspecified atom stereocenters. The van der Waals surface area contributed by atoms with Gasteiger partial charge in [-0.05, 0) is 78.0 Å². The van der Waals surface area contributed by atoms with Crippen LogP contribution in [0.15, 0.2) is 18.2 Å². The van der Waals surface area contributed by atoms with Crippen molar-refractivity contribution in [2.24, 2.45) is 5.73 Å². The number of ether oxygens (including phenoxy) is 7. The van der Waals surface area contributed by atoms with Crippen LogP contribution in [0.1, 0.15) is 93.1 Å². The highest BCUT2D eigenvalue weighted by Crippen LogP contribution is 2.30. The van der Waals surface area contributed by atoms with Crippen molar-refractivity contribution in [3.05, 3.63) is 23.8 Å². The second kappa shape index (κ2) is 18.1. The summed E-state index contributed by atoms with van der Waals surface area (Å²) in [5.74, 6) is -0.929. The van der Waals surface area contributed by atoms with Gasteiger partial charge in [-0.2, -0.15) is 0 Å². The lowest BCUT2D eigenvalue weighted by molar-refractivity contribution is -0.152. The van der Waals surface area contributed by atoms with E-state index in [9.17, 15) is 19.2 Å². The van der Waals surface area contributed by atoms with E-state index in [2.05, 4.69) is 0 Å². The van der Waals surface area contributed by atoms with Gasteiger partial charge in [0.15, 0.2) is 11.5 Å². The summed E-state index contributed by atoms with van der Waals surface area (Å²) in [6.45, 7) is 14.1. The van der Waals surface area contributed by atoms with Gasteiger partial charge in [-0.15, -0.1) is 0 Å². The van der Waals surface area contributed by atoms with E-state index in [4.69, 9.17) is 38.9 Å². The summed E-state index contributed by atoms with van der Waals surface area (Å²) < 4.78 is 36.6. The Balaban J connectivity index is 2.90. The van der Waals surface area contributed by atoms with Crippen molar-refractivity contribution in [3.8, 4) is 11.5 Å². The predicted molar refractivity (Wildman–Crippen MR) is 153 cm³/mol. The van der Waals surface area contributed by atoms with E-state index >= 15 is 0 Å². The van der Waals surface area contributed by atoms with Crippen molar-refractivity contribution >= 4 is 24.4 Å². The molecule has 0 heterocycles. The molecule has 42 heavy (non-hydrogen) atoms. The molecule has 0 amide bonds. The second-order valence-electron chi connectivity index (χ2n) is 10.8. The number of rotatable bonds is 16. The molecule has 0 fully saturated rings. The summed E-state index contributed by atoms with van der Waals surface area (Å²) in [6, 6.07) is 3.27. The molecule has 0 radical (unpaired) electrons. The molecule has 238 valence electrons. The Morgan fingerprint density at radius 2 is 1.33 bits per heavy atom. The van der Waals surface area contributed by atoms with Crippen LogP contribution >= 0.6 is 0 Å². The normalized spacial score (nSPS) is 14.0. The predicted octanol–water partition coefficient (Wildman–Crippen LogP) is 6.24. The third kappa shape index (κ3) is 14.4. The van der Waals surface area contributed by atoms with Gasteiger partial charge < -0.3 is 38.9 Å². The third-order valence-corrected chi connectivity index (χ3v) is 6.10. The minimum Gasteiger partial charge on any atom is -0.458 e. The maximum Gasteiger partial charge on any atom is 0.514 e. The first-order chi connectivity index (χ1) is 19.7. The van der Waals surface area contributed by atoms with Crippen LogP contribution in [0.25, 0.3) is 0 Å². The van der Waals surface area contributed by atoms with E-state index < -0.39 is 42.2 Å². The van der Waals surface area contributed by atoms with Crippen LogP contribution in [0.4, 0.5) is 14.4 Å². The molecule has 1 aromatic carbocycles. The Morgan fingerprint density at radius 1 is 0.786 bits per heavy atom. The number of hydrogen-bond donors (Lipinski definition) is 1. The number of hydrogen-bond acceptors (Lipinski definition) is 12. The summed E-state index contributed by atoms with van der Waals surface area (Å²) in [7, 11) is 0. The van der Waals surface area contributed by atoms with Gasteiger partial charge in [0.1, 0.15) is 36.6 Å². The summed E-state index contributed by atoms with van der Waals surface area (Å²) in [4.78, 5) is 49.1. The highest BCUT2D eigenvalue weighted by molar-refractivity contribution is 5.76. The van der Waals surface area contributed by atoms with Crippen LogP contribution in [0.2, 0.25) is 0 Å². The smallest absolute Gasteiger partial charge is 0.458 e. The van der Waals surface area contributed by atoms with Gasteiger partial charge in [0.2, 0.25) is 0 Å². The van der Waals surface area contributed by atoms with Gasteiger partial charge in [0.25, 0.3) is 0 Å². The Labute approximate surface area is 248 Å². The zero-order chi connectivity index (χ0) is 31.9. The molecular weight excluding hydrogens is 550 g/mol. The second-order valence-corrected chi connectivity index (χ2v) is 10.8. The minimum absolute atomic E-state index is 0.00491. The average molecular weight is 598 g/mol. The monoisotopic (exact) mass is 597 g/mol. The molecule has 12 heteroatoms. The maximum absolute atomic E-state index is 12.6. The standard InChI is InChI=1S/C30H47NO11/c1-9-12-19(4)38-28(34)40-24-15-14-22(17-25(24)41-29(35)39-20(5)13-10-2)16-23(31)26(32)37-21(6)18-36-27(33)42-30(7,8)11-3/h14-15,17,19-21,23H,9-13,16,18,31H2,1-8H3/t19-,20?,21?,23-/m0/s1. The van der Waals surface area contributed by atoms with Gasteiger partial charge >= 0.3 is 24.4 Å². The first-order valence-corrected chi connectivity index (χ1v) is 14.4. The van der Waals surface area contributed by atoms with Crippen molar-refractivity contribution in [3.63, 3.8) is 0 Å². The van der Waals surface area contributed by atoms with Crippen LogP contribution in [0, 0.1) is 0 Å². The highest BCUT2D eigenvalue weighted by Gasteiger charge is 2.25. The molecule has 0 bridgehead atoms. The van der Waals surface area contributed by atoms with Gasteiger partial charge in [0, 0.05) is 0 Å². The summed E-state index contributed by atoms with van der Waals surface area (Å²) in [6.07, 6.45) is -0.830. The Morgan fingerprint density at radius 3 is 1.86 bits per heavy atom. The van der Waals surface area contributed by atoms with Crippen molar-refractivity contribution in [2.45, 2.75) is 124 Å². The van der Waals surface area contributed by atoms with Crippen LogP contribution < -0.4 is 15.2 Å². The fourth-order valence-electron chi connectivity index (χ4n) is 3.50. The first kappa shape index (κ1) is 36.5. The van der Waals surface area contributed by atoms with E-state index in [0.29, 0.717) is 24.8 Å². The molecule has 0 aromatic heterocycles. The highest BCUT2D eigenvalue weighted by atomic mass is 16.8. The SMILES string of the molecule is CCCC(C)OC(=O)Oc1cc(C[C@H](N)C(=O)OC(C)COC(=O)OC(C)(C)CC)ccc1OC(=O)O[C@@H](C)CCC. The van der Waals surface area contributed by atoms with Crippen LogP contribution in [-0.4, -0.2) is 61.0 Å². The zero-order valence-corrected chi connectivity index (χ0v) is 26.1. The van der Waals surface area contributed by atoms with E-state index in [1.54, 1.807) is 40.7 Å². The molecule has 1 aromatic rings. The van der Waals surface area contributed by atoms with E-state index in [1.807, 2.05) is 20.8 Å². The van der Waals surface area contributed by atoms with Gasteiger partial charge in [-0.3, -0.25) is 4.79 Å². The minimum atomic E-state index is -1.10. The molecule has 0 aliphatic heterocycles. The maximum atomic E-state index is 12.6. The average Bonchev–Trinajstić information content (AvgIpc) is 2.88. The quantitative estimate of drug-likeness (QED) is 0.130. The van der Waals surface area contributed by atoms with E-state index in [1.165, 1.54) is 12.1 Å². The summed E-state index contributed by atoms with van der Waals surface area (Å²) in [5, 5.41) is 0. The largest absolute Gasteiger partial charge is 0.514 e. The van der Waals surface area contributed by atoms with Crippen molar-refractivity contribution < 1.29 is 52.3 Å². The molecule has 0 aliphatic rings. The van der Waals surface area contributed by atoms with Crippen molar-refractivity contribution in [2.75, 3.05) is 6.61 Å². The fourth-order valence-corrected chi connectivity index (χ4v) is 3.50. The lowest BCUT2D eigenvalue weighted by Gasteiger charge is -2.23. The molecule has 4 atom stereocenters. The van der Waals surface area contributed by atoms with E-state index in [-0.39, 0.29) is 36.7 Å². The molecule has 0 spiro atoms. The first-order valence-electron chi connectivity index (χ1n) is 14.4. The molecule has 2 N–H and O–H groups in total. The molecular formula is C30H47NO11. The summed E-state index contributed by atoms with van der Waals surface area (Å²) >= 11 is 0. The Hall–Kier alpha value is -3.54. The third-order valence-electron chi connectivity index (χ3n) is 6.10. The van der Waals surface area contributed by atoms with Crippen LogP contribution in [0.3, 0.4) is 0 Å². The molecule has 12 nitrogen and oxygen atoms in total. The number of carbonyl (C=O) groups excluding carboxylic acids is 4. The lowest BCUT2D eigenvalue weighted by atomic mass is 10.1. The Kier molecular flexibility index (Phi) is 15.7. The fraction of sp³-hybridized carbons (Fsp3) is 0.667. The Bertz CT molecular complexity index is 1030. The van der Waals surface area contributed by atoms with Crippen LogP contribution in [-0.2, 0) is 34.9 Å². The lowest BCUT2D eigenvalue weighted by Crippen LogP contribution is -2.37. The van der Waals surface area contributed by atoms with Gasteiger partial charge in [-0.1, -0.05) is 39.7 Å². The number of carbonyl (C=O) groups is 4. The number of nitrogens with two attached hydrogens (primary N) is 1. The molecule has 0 saturated heterocycles. The molecule has 0 aliphatic carbocycles. The summed E-state index contributed by atoms with van der Waals surface area (Å²) in [5.41, 5.74) is 5.87. The molecule has 1 rings (SSSR count). The molecule has 0 saturated carbocycles. The number of esters is 1. The van der Waals surface area contributed by atoms with Crippen LogP contribution in [0.5, 0.6) is 11.5 Å². The van der Waals surface area contributed by atoms with Gasteiger partial charge in [-0.25, -0.2) is 14.4 Å². The van der Waals surface area contributed by atoms with Crippen molar-refractivity contribution in [1.82, 2.24) is 0 Å². The number of benzene rings is 1. The van der Waals surface area contributed by atoms with E-state index in [0.717, 1.165) is 12.8 Å². The zero-order valence-electron chi connectivity index (χ0n) is 26.1.